The van der Waals surface area contributed by atoms with Gasteiger partial charge in [0.25, 0.3) is 0 Å². The van der Waals surface area contributed by atoms with Gasteiger partial charge in [0.05, 0.1) is 11.4 Å². The third-order valence-electron chi connectivity index (χ3n) is 2.67. The highest BCUT2D eigenvalue weighted by Gasteiger charge is 2.08. The summed E-state index contributed by atoms with van der Waals surface area (Å²) in [5, 5.41) is 3.75. The third-order valence-corrected chi connectivity index (χ3v) is 2.67. The molecule has 1 aromatic rings. The first-order valence-corrected chi connectivity index (χ1v) is 6.76. The molecule has 0 radical (unpaired) electrons. The van der Waals surface area contributed by atoms with Crippen molar-refractivity contribution in [2.45, 2.75) is 34.6 Å². The Bertz CT molecular complexity index is 511. The molecular formula is C17H25N3. The van der Waals surface area contributed by atoms with Crippen LogP contribution in [0.2, 0.25) is 0 Å². The number of hydrazone groups is 1. The summed E-state index contributed by atoms with van der Waals surface area (Å²) in [5.41, 5.74) is 7.79. The zero-order valence-electron chi connectivity index (χ0n) is 13.2. The lowest BCUT2D eigenvalue weighted by molar-refractivity contribution is 0.970. The minimum atomic E-state index is 0.858. The van der Waals surface area contributed by atoms with E-state index in [9.17, 15) is 0 Å². The molecule has 0 atom stereocenters. The van der Waals surface area contributed by atoms with Gasteiger partial charge >= 0.3 is 0 Å². The number of nitrogens with zero attached hydrogens (tertiary/aromatic N) is 2. The Hall–Kier alpha value is -2.16. The van der Waals surface area contributed by atoms with Gasteiger partial charge in [0, 0.05) is 12.4 Å². The van der Waals surface area contributed by atoms with Crippen LogP contribution >= 0.6 is 0 Å². The van der Waals surface area contributed by atoms with E-state index in [1.165, 1.54) is 0 Å². The molecule has 3 nitrogen and oxygen atoms in total. The monoisotopic (exact) mass is 271 g/mol. The van der Waals surface area contributed by atoms with E-state index < -0.39 is 0 Å². The Balaban J connectivity index is 0.00000172. The average Bonchev–Trinajstić information content (AvgIpc) is 2.46. The van der Waals surface area contributed by atoms with Crippen molar-refractivity contribution < 1.29 is 0 Å². The van der Waals surface area contributed by atoms with Crippen molar-refractivity contribution in [1.82, 2.24) is 10.4 Å². The molecule has 0 aromatic carbocycles. The van der Waals surface area contributed by atoms with Crippen LogP contribution in [0.15, 0.2) is 53.2 Å². The van der Waals surface area contributed by atoms with E-state index in [0.29, 0.717) is 0 Å². The lowest BCUT2D eigenvalue weighted by Gasteiger charge is -2.12. The van der Waals surface area contributed by atoms with Crippen LogP contribution in [0.5, 0.6) is 0 Å². The van der Waals surface area contributed by atoms with Crippen molar-refractivity contribution in [3.05, 3.63) is 59.5 Å². The molecule has 108 valence electrons. The summed E-state index contributed by atoms with van der Waals surface area (Å²) in [7, 11) is 0. The van der Waals surface area contributed by atoms with Gasteiger partial charge in [-0.3, -0.25) is 10.4 Å². The molecule has 0 fully saturated rings. The second-order valence-corrected chi connectivity index (χ2v) is 4.02. The maximum atomic E-state index is 4.49. The van der Waals surface area contributed by atoms with Gasteiger partial charge in [0.15, 0.2) is 0 Å². The Morgan fingerprint density at radius 1 is 1.30 bits per heavy atom. The van der Waals surface area contributed by atoms with Crippen molar-refractivity contribution in [2.75, 3.05) is 0 Å². The van der Waals surface area contributed by atoms with Crippen LogP contribution in [0.3, 0.4) is 0 Å². The maximum Gasteiger partial charge on any atom is 0.0885 e. The van der Waals surface area contributed by atoms with Gasteiger partial charge in [-0.25, -0.2) is 0 Å². The molecule has 0 aliphatic carbocycles. The Morgan fingerprint density at radius 3 is 2.45 bits per heavy atom. The second kappa shape index (κ2) is 9.73. The number of aryl methyl sites for hydroxylation is 1. The van der Waals surface area contributed by atoms with Gasteiger partial charge in [-0.05, 0) is 44.1 Å². The van der Waals surface area contributed by atoms with Gasteiger partial charge in [-0.15, -0.1) is 0 Å². The normalized spacial score (nSPS) is 11.8. The van der Waals surface area contributed by atoms with Gasteiger partial charge in [-0.1, -0.05) is 38.6 Å². The van der Waals surface area contributed by atoms with Gasteiger partial charge in [0.1, 0.15) is 0 Å². The lowest BCUT2D eigenvalue weighted by atomic mass is 10.0. The SMILES string of the molecule is C=C/C=C(C)/C(C)=C(/NN=C)c1cccc(C)n1.CC. The summed E-state index contributed by atoms with van der Waals surface area (Å²) in [5.74, 6) is 0. The van der Waals surface area contributed by atoms with Crippen LogP contribution in [-0.2, 0) is 0 Å². The summed E-state index contributed by atoms with van der Waals surface area (Å²) in [4.78, 5) is 4.49. The summed E-state index contributed by atoms with van der Waals surface area (Å²) in [6.45, 7) is 17.2. The molecule has 0 unspecified atom stereocenters. The third kappa shape index (κ3) is 5.22. The second-order valence-electron chi connectivity index (χ2n) is 4.02. The number of allylic oxidation sites excluding steroid dienone is 4. The number of nitrogens with one attached hydrogen (secondary N) is 1. The maximum absolute atomic E-state index is 4.49. The zero-order valence-corrected chi connectivity index (χ0v) is 13.2. The van der Waals surface area contributed by atoms with Crippen LogP contribution in [-0.4, -0.2) is 11.7 Å². The smallest absolute Gasteiger partial charge is 0.0885 e. The van der Waals surface area contributed by atoms with Gasteiger partial charge in [0.2, 0.25) is 0 Å². The van der Waals surface area contributed by atoms with E-state index in [-0.39, 0.29) is 0 Å². The molecule has 0 spiro atoms. The fraction of sp³-hybridized carbons (Fsp3) is 0.294. The fourth-order valence-electron chi connectivity index (χ4n) is 1.59. The van der Waals surface area contributed by atoms with Crippen LogP contribution < -0.4 is 5.43 Å². The molecule has 3 heteroatoms. The van der Waals surface area contributed by atoms with Crippen molar-refractivity contribution in [2.24, 2.45) is 5.10 Å². The molecule has 0 saturated heterocycles. The van der Waals surface area contributed by atoms with Crippen LogP contribution in [0.25, 0.3) is 5.70 Å². The first-order chi connectivity index (χ1) is 9.60. The van der Waals surface area contributed by atoms with Gasteiger partial charge in [-0.2, -0.15) is 5.10 Å². The number of rotatable bonds is 5. The highest BCUT2D eigenvalue weighted by atomic mass is 15.3. The van der Waals surface area contributed by atoms with Gasteiger partial charge < -0.3 is 0 Å². The highest BCUT2D eigenvalue weighted by molar-refractivity contribution is 5.68. The predicted molar refractivity (Wildman–Crippen MR) is 89.6 cm³/mol. The predicted octanol–water partition coefficient (Wildman–Crippen LogP) is 4.48. The summed E-state index contributed by atoms with van der Waals surface area (Å²) < 4.78 is 0. The summed E-state index contributed by atoms with van der Waals surface area (Å²) in [6.07, 6.45) is 3.72. The van der Waals surface area contributed by atoms with E-state index >= 15 is 0 Å². The summed E-state index contributed by atoms with van der Waals surface area (Å²) >= 11 is 0. The molecule has 0 bridgehead atoms. The minimum absolute atomic E-state index is 0.858. The quantitative estimate of drug-likeness (QED) is 0.487. The first-order valence-electron chi connectivity index (χ1n) is 6.76. The fourth-order valence-corrected chi connectivity index (χ4v) is 1.59. The van der Waals surface area contributed by atoms with Crippen LogP contribution in [0, 0.1) is 6.92 Å². The van der Waals surface area contributed by atoms with E-state index in [1.54, 1.807) is 6.08 Å². The van der Waals surface area contributed by atoms with E-state index in [1.807, 2.05) is 58.9 Å². The molecule has 20 heavy (non-hydrogen) atoms. The van der Waals surface area contributed by atoms with Crippen molar-refractivity contribution >= 4 is 12.4 Å². The number of pyridine rings is 1. The number of aromatic nitrogens is 1. The standard InChI is InChI=1S/C15H19N3.C2H6/c1-6-8-11(2)13(4)15(18-16-5)14-10-7-9-12(3)17-14;1-2/h6-10,18H,1,5H2,2-4H3;1-2H3/b11-8+,15-13+;. The molecule has 0 saturated carbocycles. The van der Waals surface area contributed by atoms with Crippen molar-refractivity contribution in [3.63, 3.8) is 0 Å². The molecule has 1 rings (SSSR count). The highest BCUT2D eigenvalue weighted by Crippen LogP contribution is 2.20. The Kier molecular flexibility index (Phi) is 8.68. The number of hydrogen-bond donors (Lipinski definition) is 1. The zero-order chi connectivity index (χ0) is 15.5. The van der Waals surface area contributed by atoms with Crippen LogP contribution in [0.4, 0.5) is 0 Å². The molecule has 0 aliphatic heterocycles. The molecule has 1 aromatic heterocycles. The first kappa shape index (κ1) is 17.8. The van der Waals surface area contributed by atoms with E-state index in [0.717, 1.165) is 28.2 Å². The van der Waals surface area contributed by atoms with Crippen molar-refractivity contribution in [1.29, 1.82) is 0 Å². The molecule has 1 heterocycles. The molecule has 0 aliphatic rings. The van der Waals surface area contributed by atoms with Crippen molar-refractivity contribution in [3.8, 4) is 0 Å². The largest absolute Gasteiger partial charge is 0.277 e. The van der Waals surface area contributed by atoms with E-state index in [4.69, 9.17) is 0 Å². The number of hydrogen-bond acceptors (Lipinski definition) is 3. The topological polar surface area (TPSA) is 37.3 Å². The van der Waals surface area contributed by atoms with E-state index in [2.05, 4.69) is 28.8 Å². The minimum Gasteiger partial charge on any atom is -0.277 e. The molecular weight excluding hydrogens is 246 g/mol. The molecule has 1 N–H and O–H groups in total. The average molecular weight is 271 g/mol. The lowest BCUT2D eigenvalue weighted by Crippen LogP contribution is -2.08. The Labute approximate surface area is 122 Å². The van der Waals surface area contributed by atoms with Crippen LogP contribution in [0.1, 0.15) is 39.1 Å². The Morgan fingerprint density at radius 2 is 1.95 bits per heavy atom. The molecule has 0 amide bonds. The summed E-state index contributed by atoms with van der Waals surface area (Å²) in [6, 6.07) is 5.89.